The Labute approximate surface area is 102 Å². The van der Waals surface area contributed by atoms with E-state index >= 15 is 0 Å². The molecule has 1 aromatic carbocycles. The zero-order chi connectivity index (χ0) is 12.3. The van der Waals surface area contributed by atoms with Crippen LogP contribution >= 0.6 is 0 Å². The van der Waals surface area contributed by atoms with Crippen molar-refractivity contribution in [1.29, 1.82) is 0 Å². The molecule has 2 nitrogen and oxygen atoms in total. The van der Waals surface area contributed by atoms with E-state index in [0.29, 0.717) is 13.0 Å². The minimum Gasteiger partial charge on any atom is -0.489 e. The lowest BCUT2D eigenvalue weighted by atomic mass is 9.90. The van der Waals surface area contributed by atoms with Gasteiger partial charge >= 0.3 is 0 Å². The molecular weight excluding hydrogens is 212 g/mol. The number of carbonyl (C=O) groups is 1. The molecule has 0 spiro atoms. The first-order valence-corrected chi connectivity index (χ1v) is 6.16. The molecule has 0 amide bonds. The van der Waals surface area contributed by atoms with Crippen molar-refractivity contribution in [2.75, 3.05) is 6.61 Å². The summed E-state index contributed by atoms with van der Waals surface area (Å²) in [6.07, 6.45) is 3.55. The Kier molecular flexibility index (Phi) is 3.62. The fourth-order valence-corrected chi connectivity index (χ4v) is 2.00. The third-order valence-electron chi connectivity index (χ3n) is 3.17. The van der Waals surface area contributed by atoms with Crippen molar-refractivity contribution >= 4 is 5.78 Å². The summed E-state index contributed by atoms with van der Waals surface area (Å²) in [5.41, 5.74) is 3.08. The van der Waals surface area contributed by atoms with Gasteiger partial charge in [0.15, 0.2) is 5.78 Å². The van der Waals surface area contributed by atoms with Crippen molar-refractivity contribution in [3.63, 3.8) is 0 Å². The second kappa shape index (κ2) is 5.17. The number of fused-ring (bicyclic) bond motifs is 1. The number of benzene rings is 1. The third kappa shape index (κ3) is 2.76. The molecule has 0 aromatic heterocycles. The molecule has 2 rings (SSSR count). The van der Waals surface area contributed by atoms with Crippen molar-refractivity contribution in [3.05, 3.63) is 41.5 Å². The van der Waals surface area contributed by atoms with Gasteiger partial charge in [-0.2, -0.15) is 0 Å². The Morgan fingerprint density at radius 3 is 3.00 bits per heavy atom. The van der Waals surface area contributed by atoms with Crippen LogP contribution in [0.2, 0.25) is 0 Å². The van der Waals surface area contributed by atoms with E-state index < -0.39 is 0 Å². The summed E-state index contributed by atoms with van der Waals surface area (Å²) in [6, 6.07) is 5.77. The van der Waals surface area contributed by atoms with Crippen LogP contribution in [0, 0.1) is 0 Å². The molecule has 1 aliphatic rings. The Bertz CT molecular complexity index is 446. The third-order valence-corrected chi connectivity index (χ3v) is 3.17. The molecule has 0 fully saturated rings. The zero-order valence-electron chi connectivity index (χ0n) is 10.3. The van der Waals surface area contributed by atoms with Crippen molar-refractivity contribution in [1.82, 2.24) is 0 Å². The monoisotopic (exact) mass is 230 g/mol. The van der Waals surface area contributed by atoms with Gasteiger partial charge in [0.05, 0.1) is 0 Å². The molecule has 90 valence electrons. The second-order valence-electron chi connectivity index (χ2n) is 4.49. The first kappa shape index (κ1) is 11.9. The molecule has 0 atom stereocenters. The Hall–Kier alpha value is -1.57. The summed E-state index contributed by atoms with van der Waals surface area (Å²) >= 11 is 0. The van der Waals surface area contributed by atoms with E-state index in [4.69, 9.17) is 4.74 Å². The van der Waals surface area contributed by atoms with Crippen molar-refractivity contribution in [2.24, 2.45) is 0 Å². The van der Waals surface area contributed by atoms with E-state index in [1.807, 2.05) is 18.2 Å². The van der Waals surface area contributed by atoms with Crippen LogP contribution in [0.3, 0.4) is 0 Å². The first-order chi connectivity index (χ1) is 8.20. The molecule has 1 aliphatic carbocycles. The van der Waals surface area contributed by atoms with Crippen molar-refractivity contribution in [3.8, 4) is 5.75 Å². The lowest BCUT2D eigenvalue weighted by molar-refractivity contribution is 0.0972. The smallest absolute Gasteiger partial charge is 0.163 e. The summed E-state index contributed by atoms with van der Waals surface area (Å²) < 4.78 is 5.65. The van der Waals surface area contributed by atoms with Gasteiger partial charge in [0, 0.05) is 12.0 Å². The molecule has 0 heterocycles. The fraction of sp³-hybridized carbons (Fsp3) is 0.400. The van der Waals surface area contributed by atoms with E-state index in [9.17, 15) is 4.79 Å². The minimum atomic E-state index is 0.260. The molecule has 17 heavy (non-hydrogen) atoms. The van der Waals surface area contributed by atoms with Crippen molar-refractivity contribution < 1.29 is 9.53 Å². The SMILES string of the molecule is C=C(CC)COc1ccc2c(c1)CCCC2=O. The zero-order valence-corrected chi connectivity index (χ0v) is 10.3. The molecule has 0 bridgehead atoms. The standard InChI is InChI=1S/C15H18O2/c1-3-11(2)10-17-13-7-8-14-12(9-13)5-4-6-15(14)16/h7-9H,2-6,10H2,1H3. The number of Topliss-reactive ketones (excluding diaryl/α,β-unsaturated/α-hetero) is 1. The summed E-state index contributed by atoms with van der Waals surface area (Å²) in [4.78, 5) is 11.7. The van der Waals surface area contributed by atoms with Gasteiger partial charge in [-0.15, -0.1) is 0 Å². The lowest BCUT2D eigenvalue weighted by Gasteiger charge is -2.16. The van der Waals surface area contributed by atoms with Crippen LogP contribution in [-0.2, 0) is 6.42 Å². The minimum absolute atomic E-state index is 0.260. The summed E-state index contributed by atoms with van der Waals surface area (Å²) in [5, 5.41) is 0. The topological polar surface area (TPSA) is 26.3 Å². The Morgan fingerprint density at radius 2 is 2.24 bits per heavy atom. The number of ketones is 1. The Morgan fingerprint density at radius 1 is 1.41 bits per heavy atom. The van der Waals surface area contributed by atoms with Gasteiger partial charge in [-0.25, -0.2) is 0 Å². The molecule has 0 radical (unpaired) electrons. The van der Waals surface area contributed by atoms with Gasteiger partial charge in [-0.3, -0.25) is 4.79 Å². The maximum atomic E-state index is 11.7. The molecule has 2 heteroatoms. The van der Waals surface area contributed by atoms with E-state index in [-0.39, 0.29) is 5.78 Å². The highest BCUT2D eigenvalue weighted by Crippen LogP contribution is 2.25. The maximum absolute atomic E-state index is 11.7. The van der Waals surface area contributed by atoms with Crippen LogP contribution in [0.1, 0.15) is 42.1 Å². The normalized spacial score (nSPS) is 14.3. The second-order valence-corrected chi connectivity index (χ2v) is 4.49. The van der Waals surface area contributed by atoms with Gasteiger partial charge in [0.2, 0.25) is 0 Å². The summed E-state index contributed by atoms with van der Waals surface area (Å²) in [7, 11) is 0. The van der Waals surface area contributed by atoms with Crippen LogP contribution in [-0.4, -0.2) is 12.4 Å². The molecule has 0 saturated carbocycles. The number of hydrogen-bond donors (Lipinski definition) is 0. The quantitative estimate of drug-likeness (QED) is 0.739. The number of carbonyl (C=O) groups excluding carboxylic acids is 1. The average Bonchev–Trinajstić information content (AvgIpc) is 2.36. The summed E-state index contributed by atoms with van der Waals surface area (Å²) in [6.45, 7) is 6.53. The van der Waals surface area contributed by atoms with E-state index in [1.165, 1.54) is 0 Å². The largest absolute Gasteiger partial charge is 0.489 e. The van der Waals surface area contributed by atoms with Gasteiger partial charge in [-0.05, 0) is 48.6 Å². The maximum Gasteiger partial charge on any atom is 0.163 e. The van der Waals surface area contributed by atoms with Crippen LogP contribution in [0.25, 0.3) is 0 Å². The summed E-state index contributed by atoms with van der Waals surface area (Å²) in [5.74, 6) is 1.10. The first-order valence-electron chi connectivity index (χ1n) is 6.16. The molecule has 0 saturated heterocycles. The highest BCUT2D eigenvalue weighted by Gasteiger charge is 2.17. The predicted molar refractivity (Wildman–Crippen MR) is 68.6 cm³/mol. The number of ether oxygens (including phenoxy) is 1. The molecule has 1 aromatic rings. The number of hydrogen-bond acceptors (Lipinski definition) is 2. The van der Waals surface area contributed by atoms with Gasteiger partial charge in [0.25, 0.3) is 0 Å². The number of aryl methyl sites for hydroxylation is 1. The highest BCUT2D eigenvalue weighted by molar-refractivity contribution is 5.98. The van der Waals surface area contributed by atoms with Gasteiger partial charge in [-0.1, -0.05) is 13.5 Å². The van der Waals surface area contributed by atoms with Crippen LogP contribution < -0.4 is 4.74 Å². The van der Waals surface area contributed by atoms with Gasteiger partial charge < -0.3 is 4.74 Å². The van der Waals surface area contributed by atoms with Crippen LogP contribution in [0.15, 0.2) is 30.4 Å². The number of rotatable bonds is 4. The molecule has 0 aliphatic heterocycles. The highest BCUT2D eigenvalue weighted by atomic mass is 16.5. The van der Waals surface area contributed by atoms with E-state index in [2.05, 4.69) is 13.5 Å². The fourth-order valence-electron chi connectivity index (χ4n) is 2.00. The van der Waals surface area contributed by atoms with E-state index in [1.54, 1.807) is 0 Å². The van der Waals surface area contributed by atoms with Crippen LogP contribution in [0.4, 0.5) is 0 Å². The van der Waals surface area contributed by atoms with E-state index in [0.717, 1.165) is 41.7 Å². The molecular formula is C15H18O2. The lowest BCUT2D eigenvalue weighted by Crippen LogP contribution is -2.11. The van der Waals surface area contributed by atoms with Crippen LogP contribution in [0.5, 0.6) is 5.75 Å². The predicted octanol–water partition coefficient (Wildman–Crippen LogP) is 3.55. The average molecular weight is 230 g/mol. The van der Waals surface area contributed by atoms with Gasteiger partial charge in [0.1, 0.15) is 12.4 Å². The molecule has 0 unspecified atom stereocenters. The molecule has 0 N–H and O–H groups in total. The Balaban J connectivity index is 2.11. The van der Waals surface area contributed by atoms with Crippen molar-refractivity contribution in [2.45, 2.75) is 32.6 Å².